The summed E-state index contributed by atoms with van der Waals surface area (Å²) in [5.41, 5.74) is -0.0108. The fraction of sp³-hybridized carbons (Fsp3) is 0.176. The van der Waals surface area contributed by atoms with E-state index >= 15 is 0 Å². The van der Waals surface area contributed by atoms with Crippen LogP contribution in [-0.4, -0.2) is 30.0 Å². The maximum atomic E-state index is 12.3. The van der Waals surface area contributed by atoms with Gasteiger partial charge in [-0.3, -0.25) is 14.9 Å². The molecule has 8 nitrogen and oxygen atoms in total. The number of nitrogens with zero attached hydrogens (tertiary/aromatic N) is 1. The van der Waals surface area contributed by atoms with Gasteiger partial charge in [0.25, 0.3) is 11.6 Å². The van der Waals surface area contributed by atoms with Gasteiger partial charge in [-0.25, -0.2) is 4.79 Å². The molecule has 0 saturated carbocycles. The zero-order valence-electron chi connectivity index (χ0n) is 14.2. The van der Waals surface area contributed by atoms with Gasteiger partial charge < -0.3 is 14.8 Å². The van der Waals surface area contributed by atoms with E-state index in [1.807, 2.05) is 0 Å². The normalized spacial score (nSPS) is 11.4. The average molecular weight is 458 g/mol. The number of rotatable bonds is 6. The Bertz CT molecular complexity index is 905. The molecule has 0 aliphatic carbocycles. The SMILES string of the molecule is COc1ccc(Br)c(C(=O)OC(C)C(=O)Nc2cc([N+](=O)[O-])ccc2Cl)c1. The molecule has 1 atom stereocenters. The number of benzene rings is 2. The highest BCUT2D eigenvalue weighted by molar-refractivity contribution is 9.10. The van der Waals surface area contributed by atoms with Crippen LogP contribution in [0.4, 0.5) is 11.4 Å². The van der Waals surface area contributed by atoms with Gasteiger partial charge in [0, 0.05) is 16.6 Å². The molecule has 2 aromatic rings. The Morgan fingerprint density at radius 2 is 1.96 bits per heavy atom. The Morgan fingerprint density at radius 1 is 1.26 bits per heavy atom. The molecule has 27 heavy (non-hydrogen) atoms. The van der Waals surface area contributed by atoms with Gasteiger partial charge in [-0.1, -0.05) is 11.6 Å². The molecule has 0 aliphatic rings. The third-order valence-corrected chi connectivity index (χ3v) is 4.49. The molecular weight excluding hydrogens is 444 g/mol. The van der Waals surface area contributed by atoms with Gasteiger partial charge in [-0.2, -0.15) is 0 Å². The van der Waals surface area contributed by atoms with Crippen LogP contribution >= 0.6 is 27.5 Å². The van der Waals surface area contributed by atoms with Crippen LogP contribution in [0.5, 0.6) is 5.75 Å². The van der Waals surface area contributed by atoms with Crippen LogP contribution < -0.4 is 10.1 Å². The number of esters is 1. The lowest BCUT2D eigenvalue weighted by molar-refractivity contribution is -0.384. The predicted molar refractivity (Wildman–Crippen MR) is 102 cm³/mol. The van der Waals surface area contributed by atoms with E-state index in [9.17, 15) is 19.7 Å². The fourth-order valence-corrected chi connectivity index (χ4v) is 2.60. The molecule has 0 fully saturated rings. The molecule has 0 spiro atoms. The topological polar surface area (TPSA) is 108 Å². The first-order valence-electron chi connectivity index (χ1n) is 7.52. The van der Waals surface area contributed by atoms with Gasteiger partial charge >= 0.3 is 5.97 Å². The molecule has 0 heterocycles. The Hall–Kier alpha value is -2.65. The molecule has 10 heteroatoms. The molecule has 0 saturated heterocycles. The van der Waals surface area contributed by atoms with Gasteiger partial charge in [-0.15, -0.1) is 0 Å². The number of methoxy groups -OCH3 is 1. The van der Waals surface area contributed by atoms with E-state index in [0.717, 1.165) is 6.07 Å². The summed E-state index contributed by atoms with van der Waals surface area (Å²) in [6.07, 6.45) is -1.18. The Morgan fingerprint density at radius 3 is 2.59 bits per heavy atom. The van der Waals surface area contributed by atoms with Crippen LogP contribution in [0.25, 0.3) is 0 Å². The molecule has 0 aliphatic heterocycles. The number of nitrogens with one attached hydrogen (secondary N) is 1. The van der Waals surface area contributed by atoms with E-state index in [1.54, 1.807) is 12.1 Å². The molecule has 1 N–H and O–H groups in total. The highest BCUT2D eigenvalue weighted by atomic mass is 79.9. The number of hydrogen-bond donors (Lipinski definition) is 1. The highest BCUT2D eigenvalue weighted by Gasteiger charge is 2.22. The van der Waals surface area contributed by atoms with Crippen LogP contribution in [-0.2, 0) is 9.53 Å². The molecule has 0 bridgehead atoms. The van der Waals surface area contributed by atoms with Gasteiger partial charge in [-0.05, 0) is 47.1 Å². The number of ether oxygens (including phenoxy) is 2. The minimum atomic E-state index is -1.18. The van der Waals surface area contributed by atoms with Crippen molar-refractivity contribution in [1.29, 1.82) is 0 Å². The van der Waals surface area contributed by atoms with Crippen molar-refractivity contribution in [2.24, 2.45) is 0 Å². The predicted octanol–water partition coefficient (Wildman–Crippen LogP) is 4.20. The molecule has 0 aromatic heterocycles. The van der Waals surface area contributed by atoms with Crippen LogP contribution in [0.1, 0.15) is 17.3 Å². The number of carbonyl (C=O) groups is 2. The number of nitro groups is 1. The first-order valence-corrected chi connectivity index (χ1v) is 8.69. The second kappa shape index (κ2) is 8.83. The lowest BCUT2D eigenvalue weighted by atomic mass is 10.2. The molecule has 142 valence electrons. The number of nitro benzene ring substituents is 1. The largest absolute Gasteiger partial charge is 0.497 e. The Labute approximate surface area is 167 Å². The number of amides is 1. The lowest BCUT2D eigenvalue weighted by Crippen LogP contribution is -2.30. The van der Waals surface area contributed by atoms with Gasteiger partial charge in [0.15, 0.2) is 6.10 Å². The zero-order chi connectivity index (χ0) is 20.1. The summed E-state index contributed by atoms with van der Waals surface area (Å²) >= 11 is 9.17. The quantitative estimate of drug-likeness (QED) is 0.396. The first kappa shape index (κ1) is 20.7. The van der Waals surface area contributed by atoms with Gasteiger partial charge in [0.1, 0.15) is 5.75 Å². The number of halogens is 2. The van der Waals surface area contributed by atoms with E-state index in [2.05, 4.69) is 21.2 Å². The number of non-ortho nitro benzene ring substituents is 1. The van der Waals surface area contributed by atoms with Gasteiger partial charge in [0.05, 0.1) is 28.3 Å². The number of hydrogen-bond acceptors (Lipinski definition) is 6. The van der Waals surface area contributed by atoms with Crippen molar-refractivity contribution in [3.8, 4) is 5.75 Å². The molecule has 0 radical (unpaired) electrons. The zero-order valence-corrected chi connectivity index (χ0v) is 16.5. The van der Waals surface area contributed by atoms with Gasteiger partial charge in [0.2, 0.25) is 0 Å². The van der Waals surface area contributed by atoms with Crippen molar-refractivity contribution in [2.45, 2.75) is 13.0 Å². The number of anilines is 1. The van der Waals surface area contributed by atoms with Crippen molar-refractivity contribution in [1.82, 2.24) is 0 Å². The summed E-state index contributed by atoms with van der Waals surface area (Å²) in [6.45, 7) is 1.37. The minimum Gasteiger partial charge on any atom is -0.497 e. The highest BCUT2D eigenvalue weighted by Crippen LogP contribution is 2.27. The maximum Gasteiger partial charge on any atom is 0.340 e. The minimum absolute atomic E-state index is 0.0429. The molecule has 2 rings (SSSR count). The van der Waals surface area contributed by atoms with E-state index < -0.39 is 22.9 Å². The van der Waals surface area contributed by atoms with Crippen LogP contribution in [0.2, 0.25) is 5.02 Å². The number of carbonyl (C=O) groups excluding carboxylic acids is 2. The van der Waals surface area contributed by atoms with Crippen molar-refractivity contribution >= 4 is 50.8 Å². The summed E-state index contributed by atoms with van der Waals surface area (Å²) in [4.78, 5) is 34.8. The summed E-state index contributed by atoms with van der Waals surface area (Å²) in [6, 6.07) is 8.35. The van der Waals surface area contributed by atoms with Crippen molar-refractivity contribution in [3.05, 3.63) is 61.6 Å². The van der Waals surface area contributed by atoms with E-state index in [0.29, 0.717) is 10.2 Å². The lowest BCUT2D eigenvalue weighted by Gasteiger charge is -2.15. The van der Waals surface area contributed by atoms with Crippen LogP contribution in [0.3, 0.4) is 0 Å². The van der Waals surface area contributed by atoms with Crippen LogP contribution in [0.15, 0.2) is 40.9 Å². The molecule has 2 aromatic carbocycles. The summed E-state index contributed by atoms with van der Waals surface area (Å²) in [5.74, 6) is -0.982. The standard InChI is InChI=1S/C17H14BrClN2O6/c1-9(27-17(23)12-8-11(26-2)4-5-13(12)18)16(22)20-15-7-10(21(24)25)3-6-14(15)19/h3-9H,1-2H3,(H,20,22). The third kappa shape index (κ3) is 5.18. The summed E-state index contributed by atoms with van der Waals surface area (Å²) in [5, 5.41) is 13.4. The van der Waals surface area contributed by atoms with E-state index in [-0.39, 0.29) is 22.0 Å². The molecule has 1 amide bonds. The fourth-order valence-electron chi connectivity index (χ4n) is 2.02. The maximum absolute atomic E-state index is 12.3. The monoisotopic (exact) mass is 456 g/mol. The third-order valence-electron chi connectivity index (χ3n) is 3.47. The molecular formula is C17H14BrClN2O6. The van der Waals surface area contributed by atoms with E-state index in [4.69, 9.17) is 21.1 Å². The Balaban J connectivity index is 2.11. The second-order valence-electron chi connectivity index (χ2n) is 5.30. The smallest absolute Gasteiger partial charge is 0.340 e. The van der Waals surface area contributed by atoms with E-state index in [1.165, 1.54) is 32.2 Å². The average Bonchev–Trinajstić information content (AvgIpc) is 2.63. The Kier molecular flexibility index (Phi) is 6.75. The van der Waals surface area contributed by atoms with Crippen molar-refractivity contribution in [2.75, 3.05) is 12.4 Å². The molecule has 1 unspecified atom stereocenters. The first-order chi connectivity index (χ1) is 12.7. The second-order valence-corrected chi connectivity index (χ2v) is 6.57. The summed E-state index contributed by atoms with van der Waals surface area (Å²) in [7, 11) is 1.46. The van der Waals surface area contributed by atoms with Crippen LogP contribution in [0, 0.1) is 10.1 Å². The van der Waals surface area contributed by atoms with Crippen molar-refractivity contribution in [3.63, 3.8) is 0 Å². The summed E-state index contributed by atoms with van der Waals surface area (Å²) < 4.78 is 10.7. The van der Waals surface area contributed by atoms with Crippen molar-refractivity contribution < 1.29 is 24.0 Å².